The molecule has 0 aromatic rings. The van der Waals surface area contributed by atoms with Gasteiger partial charge in [-0.2, -0.15) is 0 Å². The molecule has 2 aliphatic heterocycles. The van der Waals surface area contributed by atoms with Crippen LogP contribution in [0.1, 0.15) is 33.6 Å². The fourth-order valence-corrected chi connectivity index (χ4v) is 3.10. The molecule has 2 N–H and O–H groups in total. The van der Waals surface area contributed by atoms with Gasteiger partial charge in [0.15, 0.2) is 0 Å². The van der Waals surface area contributed by atoms with E-state index < -0.39 is 0 Å². The molecule has 0 aromatic carbocycles. The molecule has 0 radical (unpaired) electrons. The van der Waals surface area contributed by atoms with Gasteiger partial charge in [0.25, 0.3) is 0 Å². The number of nitrogens with zero attached hydrogens (tertiary/aromatic N) is 1. The van der Waals surface area contributed by atoms with Crippen LogP contribution in [0.15, 0.2) is 0 Å². The summed E-state index contributed by atoms with van der Waals surface area (Å²) in [4.78, 5) is 2.51. The van der Waals surface area contributed by atoms with Crippen LogP contribution >= 0.6 is 0 Å². The van der Waals surface area contributed by atoms with Crippen LogP contribution in [0, 0.1) is 11.3 Å². The molecule has 2 saturated heterocycles. The molecule has 2 fully saturated rings. The summed E-state index contributed by atoms with van der Waals surface area (Å²) in [7, 11) is 0. The van der Waals surface area contributed by atoms with Crippen molar-refractivity contribution in [3.8, 4) is 0 Å². The summed E-state index contributed by atoms with van der Waals surface area (Å²) in [6, 6.07) is 0. The summed E-state index contributed by atoms with van der Waals surface area (Å²) in [6.07, 6.45) is 2.29. The smallest absolute Gasteiger partial charge is 0.0547 e. The second kappa shape index (κ2) is 6.08. The highest BCUT2D eigenvalue weighted by molar-refractivity contribution is 4.92. The van der Waals surface area contributed by atoms with Crippen LogP contribution in [-0.2, 0) is 4.74 Å². The molecule has 4 nitrogen and oxygen atoms in total. The highest BCUT2D eigenvalue weighted by Crippen LogP contribution is 2.31. The Hall–Kier alpha value is -0.160. The summed E-state index contributed by atoms with van der Waals surface area (Å²) >= 11 is 0. The maximum atomic E-state index is 9.26. The molecule has 2 rings (SSSR count). The Labute approximate surface area is 117 Å². The van der Waals surface area contributed by atoms with Crippen LogP contribution in [-0.4, -0.2) is 61.5 Å². The van der Waals surface area contributed by atoms with Gasteiger partial charge in [-0.25, -0.2) is 0 Å². The zero-order chi connectivity index (χ0) is 13.9. The molecule has 19 heavy (non-hydrogen) atoms. The van der Waals surface area contributed by atoms with E-state index >= 15 is 0 Å². The van der Waals surface area contributed by atoms with Crippen molar-refractivity contribution in [3.63, 3.8) is 0 Å². The zero-order valence-corrected chi connectivity index (χ0v) is 12.7. The van der Waals surface area contributed by atoms with E-state index in [1.807, 2.05) is 0 Å². The molecule has 0 aliphatic carbocycles. The first kappa shape index (κ1) is 15.2. The van der Waals surface area contributed by atoms with Crippen molar-refractivity contribution in [3.05, 3.63) is 0 Å². The van der Waals surface area contributed by atoms with Gasteiger partial charge in [-0.05, 0) is 46.1 Å². The highest BCUT2D eigenvalue weighted by Gasteiger charge is 2.38. The molecular weight excluding hydrogens is 240 g/mol. The van der Waals surface area contributed by atoms with Crippen LogP contribution in [0.5, 0.6) is 0 Å². The average molecular weight is 270 g/mol. The Balaban J connectivity index is 1.88. The van der Waals surface area contributed by atoms with Gasteiger partial charge >= 0.3 is 0 Å². The van der Waals surface area contributed by atoms with E-state index in [0.29, 0.717) is 12.5 Å². The normalized spacial score (nSPS) is 33.2. The van der Waals surface area contributed by atoms with E-state index in [9.17, 15) is 5.11 Å². The summed E-state index contributed by atoms with van der Waals surface area (Å²) in [5, 5.41) is 12.9. The number of rotatable bonds is 5. The highest BCUT2D eigenvalue weighted by atomic mass is 16.5. The van der Waals surface area contributed by atoms with Gasteiger partial charge < -0.3 is 20.1 Å². The monoisotopic (exact) mass is 270 g/mol. The van der Waals surface area contributed by atoms with E-state index in [4.69, 9.17) is 4.74 Å². The van der Waals surface area contributed by atoms with E-state index in [2.05, 4.69) is 31.0 Å². The van der Waals surface area contributed by atoms with Gasteiger partial charge in [-0.3, -0.25) is 0 Å². The lowest BCUT2D eigenvalue weighted by atomic mass is 9.85. The molecule has 2 aliphatic rings. The van der Waals surface area contributed by atoms with E-state index in [-0.39, 0.29) is 11.0 Å². The molecule has 0 bridgehead atoms. The van der Waals surface area contributed by atoms with Crippen molar-refractivity contribution in [1.82, 2.24) is 10.2 Å². The molecule has 4 heteroatoms. The SMILES string of the molecule is CC(C)(C)NCC1(CN2CCC(CO)C2)CCOC1. The predicted molar refractivity (Wildman–Crippen MR) is 77.3 cm³/mol. The van der Waals surface area contributed by atoms with Crippen molar-refractivity contribution in [2.45, 2.75) is 39.2 Å². The fraction of sp³-hybridized carbons (Fsp3) is 1.00. The number of likely N-dealkylation sites (tertiary alicyclic amines) is 1. The molecule has 2 atom stereocenters. The topological polar surface area (TPSA) is 44.7 Å². The van der Waals surface area contributed by atoms with Gasteiger partial charge in [-0.15, -0.1) is 0 Å². The Bertz CT molecular complexity index is 282. The minimum atomic E-state index is 0.161. The second-order valence-electron chi connectivity index (χ2n) is 7.48. The molecule has 0 saturated carbocycles. The summed E-state index contributed by atoms with van der Waals surface area (Å²) < 4.78 is 5.67. The lowest BCUT2D eigenvalue weighted by Gasteiger charge is -2.35. The number of ether oxygens (including phenoxy) is 1. The van der Waals surface area contributed by atoms with Crippen LogP contribution in [0.2, 0.25) is 0 Å². The largest absolute Gasteiger partial charge is 0.396 e. The quantitative estimate of drug-likeness (QED) is 0.785. The molecule has 0 amide bonds. The molecule has 2 heterocycles. The maximum absolute atomic E-state index is 9.26. The fourth-order valence-electron chi connectivity index (χ4n) is 3.10. The van der Waals surface area contributed by atoms with Crippen LogP contribution < -0.4 is 5.32 Å². The van der Waals surface area contributed by atoms with Crippen LogP contribution in [0.3, 0.4) is 0 Å². The Morgan fingerprint density at radius 2 is 2.21 bits per heavy atom. The Morgan fingerprint density at radius 1 is 1.42 bits per heavy atom. The van der Waals surface area contributed by atoms with Crippen molar-refractivity contribution in [1.29, 1.82) is 0 Å². The Kier molecular flexibility index (Phi) is 4.88. The molecule has 2 unspecified atom stereocenters. The zero-order valence-electron chi connectivity index (χ0n) is 12.7. The second-order valence-corrected chi connectivity index (χ2v) is 7.48. The Morgan fingerprint density at radius 3 is 2.74 bits per heavy atom. The number of hydrogen-bond donors (Lipinski definition) is 2. The first-order valence-corrected chi connectivity index (χ1v) is 7.58. The molecule has 112 valence electrons. The van der Waals surface area contributed by atoms with E-state index in [0.717, 1.165) is 52.2 Å². The van der Waals surface area contributed by atoms with Gasteiger partial charge in [0.1, 0.15) is 0 Å². The third-order valence-electron chi connectivity index (χ3n) is 4.37. The molecule has 0 spiro atoms. The summed E-state index contributed by atoms with van der Waals surface area (Å²) in [6.45, 7) is 13.1. The summed E-state index contributed by atoms with van der Waals surface area (Å²) in [5.41, 5.74) is 0.422. The third-order valence-corrected chi connectivity index (χ3v) is 4.37. The lowest BCUT2D eigenvalue weighted by molar-refractivity contribution is 0.109. The lowest BCUT2D eigenvalue weighted by Crippen LogP contribution is -2.49. The minimum Gasteiger partial charge on any atom is -0.396 e. The van der Waals surface area contributed by atoms with Gasteiger partial charge in [-0.1, -0.05) is 0 Å². The van der Waals surface area contributed by atoms with E-state index in [1.165, 1.54) is 0 Å². The van der Waals surface area contributed by atoms with Crippen LogP contribution in [0.25, 0.3) is 0 Å². The number of aliphatic hydroxyl groups is 1. The van der Waals surface area contributed by atoms with Crippen LogP contribution in [0.4, 0.5) is 0 Å². The first-order chi connectivity index (χ1) is 8.92. The van der Waals surface area contributed by atoms with E-state index in [1.54, 1.807) is 0 Å². The van der Waals surface area contributed by atoms with Gasteiger partial charge in [0.2, 0.25) is 0 Å². The maximum Gasteiger partial charge on any atom is 0.0547 e. The predicted octanol–water partition coefficient (Wildman–Crippen LogP) is 1.10. The molecule has 0 aromatic heterocycles. The van der Waals surface area contributed by atoms with Gasteiger partial charge in [0, 0.05) is 43.8 Å². The van der Waals surface area contributed by atoms with Crippen molar-refractivity contribution in [2.75, 3.05) is 46.0 Å². The minimum absolute atomic E-state index is 0.161. The first-order valence-electron chi connectivity index (χ1n) is 7.58. The average Bonchev–Trinajstić information content (AvgIpc) is 2.96. The summed E-state index contributed by atoms with van der Waals surface area (Å²) in [5.74, 6) is 0.481. The third kappa shape index (κ3) is 4.42. The molecular formula is C15H30N2O2. The number of nitrogens with one attached hydrogen (secondary N) is 1. The standard InChI is InChI=1S/C15H30N2O2/c1-14(2,3)16-10-15(5-7-19-12-15)11-17-6-4-13(8-17)9-18/h13,16,18H,4-12H2,1-3H3. The van der Waals surface area contributed by atoms with Crippen molar-refractivity contribution in [2.24, 2.45) is 11.3 Å². The van der Waals surface area contributed by atoms with Crippen molar-refractivity contribution < 1.29 is 9.84 Å². The number of aliphatic hydroxyl groups excluding tert-OH is 1. The number of hydrogen-bond acceptors (Lipinski definition) is 4. The van der Waals surface area contributed by atoms with Crippen molar-refractivity contribution >= 4 is 0 Å². The van der Waals surface area contributed by atoms with Gasteiger partial charge in [0.05, 0.1) is 6.61 Å².